The van der Waals surface area contributed by atoms with Crippen molar-refractivity contribution < 1.29 is 0 Å². The van der Waals surface area contributed by atoms with Crippen LogP contribution in [0.1, 0.15) is 0 Å². The molecule has 3 heteroatoms. The Morgan fingerprint density at radius 3 is 2.83 bits per heavy atom. The van der Waals surface area contributed by atoms with Crippen LogP contribution in [0.2, 0.25) is 5.02 Å². The number of halogens is 1. The summed E-state index contributed by atoms with van der Waals surface area (Å²) in [4.78, 5) is 4.76. The highest BCUT2D eigenvalue weighted by molar-refractivity contribution is 7.26. The molecule has 0 aliphatic heterocycles. The Balaban J connectivity index is 2.27. The van der Waals surface area contributed by atoms with Crippen molar-refractivity contribution in [2.45, 2.75) is 0 Å². The van der Waals surface area contributed by atoms with E-state index in [1.807, 2.05) is 30.3 Å². The summed E-state index contributed by atoms with van der Waals surface area (Å²) in [7, 11) is 0. The van der Waals surface area contributed by atoms with Crippen molar-refractivity contribution in [2.24, 2.45) is 0 Å². The summed E-state index contributed by atoms with van der Waals surface area (Å²) in [5.74, 6) is 0. The maximum absolute atomic E-state index is 6.24. The number of para-hydroxylation sites is 1. The summed E-state index contributed by atoms with van der Waals surface area (Å²) in [6, 6.07) is 16.4. The fourth-order valence-electron chi connectivity index (χ4n) is 2.28. The lowest BCUT2D eigenvalue weighted by Gasteiger charge is -1.97. The van der Waals surface area contributed by atoms with Gasteiger partial charge >= 0.3 is 0 Å². The molecule has 4 rings (SSSR count). The molecule has 4 aromatic rings. The number of hydrogen-bond donors (Lipinski definition) is 0. The number of hydrogen-bond acceptors (Lipinski definition) is 2. The molecular weight excluding hydrogens is 262 g/mol. The Morgan fingerprint density at radius 1 is 1.00 bits per heavy atom. The zero-order chi connectivity index (χ0) is 12.1. The van der Waals surface area contributed by atoms with E-state index in [0.717, 1.165) is 26.1 Å². The van der Waals surface area contributed by atoms with E-state index < -0.39 is 0 Å². The van der Waals surface area contributed by atoms with Gasteiger partial charge in [-0.25, -0.2) is 4.98 Å². The van der Waals surface area contributed by atoms with E-state index in [2.05, 4.69) is 18.2 Å². The van der Waals surface area contributed by atoms with Crippen LogP contribution in [0.3, 0.4) is 0 Å². The fourth-order valence-corrected chi connectivity index (χ4v) is 3.66. The lowest BCUT2D eigenvalue weighted by atomic mass is 10.2. The molecule has 0 unspecified atom stereocenters. The van der Waals surface area contributed by atoms with E-state index in [0.29, 0.717) is 0 Å². The van der Waals surface area contributed by atoms with Crippen LogP contribution < -0.4 is 0 Å². The first-order valence-electron chi connectivity index (χ1n) is 5.69. The Kier molecular flexibility index (Phi) is 2.10. The van der Waals surface area contributed by atoms with E-state index in [-0.39, 0.29) is 0 Å². The van der Waals surface area contributed by atoms with Gasteiger partial charge in [-0.05, 0) is 18.2 Å². The summed E-state index contributed by atoms with van der Waals surface area (Å²) in [6.45, 7) is 0. The molecule has 2 aromatic carbocycles. The smallest absolute Gasteiger partial charge is 0.0896 e. The van der Waals surface area contributed by atoms with Crippen LogP contribution in [0.15, 0.2) is 48.5 Å². The summed E-state index contributed by atoms with van der Waals surface area (Å²) in [6.07, 6.45) is 0. The first kappa shape index (κ1) is 10.3. The lowest BCUT2D eigenvalue weighted by Crippen LogP contribution is -1.78. The molecule has 18 heavy (non-hydrogen) atoms. The molecule has 86 valence electrons. The summed E-state index contributed by atoms with van der Waals surface area (Å²) in [5, 5.41) is 3.13. The molecule has 1 nitrogen and oxygen atoms in total. The minimum absolute atomic E-state index is 0.805. The average Bonchev–Trinajstić information content (AvgIpc) is 2.76. The zero-order valence-corrected chi connectivity index (χ0v) is 10.9. The van der Waals surface area contributed by atoms with Gasteiger partial charge in [0, 0.05) is 10.8 Å². The monoisotopic (exact) mass is 269 g/mol. The van der Waals surface area contributed by atoms with Crippen LogP contribution in [0.4, 0.5) is 0 Å². The van der Waals surface area contributed by atoms with Crippen LogP contribution in [0.25, 0.3) is 31.2 Å². The Bertz CT molecular complexity index is 895. The lowest BCUT2D eigenvalue weighted by molar-refractivity contribution is 1.53. The number of fused-ring (bicyclic) bond motifs is 4. The molecule has 0 radical (unpaired) electrons. The highest BCUT2D eigenvalue weighted by atomic mass is 35.5. The maximum Gasteiger partial charge on any atom is 0.0896 e. The fraction of sp³-hybridized carbons (Fsp3) is 0. The van der Waals surface area contributed by atoms with E-state index in [4.69, 9.17) is 16.6 Å². The minimum atomic E-state index is 0.805. The van der Waals surface area contributed by atoms with Crippen molar-refractivity contribution in [3.8, 4) is 0 Å². The largest absolute Gasteiger partial charge is 0.246 e. The molecule has 0 saturated carbocycles. The third-order valence-corrected chi connectivity index (χ3v) is 4.73. The number of benzene rings is 2. The molecule has 0 atom stereocenters. The molecule has 0 bridgehead atoms. The number of pyridine rings is 1. The van der Waals surface area contributed by atoms with Gasteiger partial charge in [-0.3, -0.25) is 0 Å². The van der Waals surface area contributed by atoms with Gasteiger partial charge in [-0.15, -0.1) is 11.3 Å². The zero-order valence-electron chi connectivity index (χ0n) is 9.35. The van der Waals surface area contributed by atoms with Crippen LogP contribution in [-0.4, -0.2) is 4.98 Å². The van der Waals surface area contributed by atoms with Gasteiger partial charge < -0.3 is 0 Å². The first-order chi connectivity index (χ1) is 8.83. The standard InChI is InChI=1S/C15H8ClNS/c16-11-6-3-5-10-14-13(18-15(10)11)8-9-4-1-2-7-12(9)17-14/h1-8H. The van der Waals surface area contributed by atoms with E-state index in [1.54, 1.807) is 11.3 Å². The van der Waals surface area contributed by atoms with Crippen LogP contribution in [0, 0.1) is 0 Å². The van der Waals surface area contributed by atoms with Crippen molar-refractivity contribution in [1.29, 1.82) is 0 Å². The molecule has 0 spiro atoms. The quantitative estimate of drug-likeness (QED) is 0.424. The van der Waals surface area contributed by atoms with E-state index in [9.17, 15) is 0 Å². The van der Waals surface area contributed by atoms with Gasteiger partial charge in [0.15, 0.2) is 0 Å². The van der Waals surface area contributed by atoms with Crippen LogP contribution in [0.5, 0.6) is 0 Å². The van der Waals surface area contributed by atoms with Crippen LogP contribution >= 0.6 is 22.9 Å². The molecule has 2 aromatic heterocycles. The second kappa shape index (κ2) is 3.67. The van der Waals surface area contributed by atoms with Gasteiger partial charge in [0.1, 0.15) is 0 Å². The molecule has 2 heterocycles. The van der Waals surface area contributed by atoms with E-state index in [1.165, 1.54) is 10.1 Å². The summed E-state index contributed by atoms with van der Waals surface area (Å²) in [5.41, 5.74) is 2.08. The molecule has 0 aliphatic rings. The predicted octanol–water partition coefficient (Wildman–Crippen LogP) is 5.26. The van der Waals surface area contributed by atoms with Gasteiger partial charge in [-0.2, -0.15) is 0 Å². The number of rotatable bonds is 0. The van der Waals surface area contributed by atoms with Crippen molar-refractivity contribution in [2.75, 3.05) is 0 Å². The van der Waals surface area contributed by atoms with Crippen molar-refractivity contribution >= 4 is 54.1 Å². The summed E-state index contributed by atoms with van der Waals surface area (Å²) < 4.78 is 2.31. The molecule has 0 fully saturated rings. The number of nitrogens with zero attached hydrogens (tertiary/aromatic N) is 1. The van der Waals surface area contributed by atoms with Gasteiger partial charge in [-0.1, -0.05) is 41.9 Å². The Labute approximate surface area is 113 Å². The predicted molar refractivity (Wildman–Crippen MR) is 79.6 cm³/mol. The highest BCUT2D eigenvalue weighted by Gasteiger charge is 2.09. The average molecular weight is 270 g/mol. The number of thiophene rings is 1. The second-order valence-electron chi connectivity index (χ2n) is 4.25. The first-order valence-corrected chi connectivity index (χ1v) is 6.89. The van der Waals surface area contributed by atoms with Crippen molar-refractivity contribution in [3.63, 3.8) is 0 Å². The van der Waals surface area contributed by atoms with Gasteiger partial charge in [0.25, 0.3) is 0 Å². The molecule has 0 amide bonds. The third-order valence-electron chi connectivity index (χ3n) is 3.12. The number of aromatic nitrogens is 1. The third kappa shape index (κ3) is 1.36. The van der Waals surface area contributed by atoms with Crippen molar-refractivity contribution in [1.82, 2.24) is 4.98 Å². The second-order valence-corrected chi connectivity index (χ2v) is 5.71. The molecule has 0 saturated heterocycles. The topological polar surface area (TPSA) is 12.9 Å². The van der Waals surface area contributed by atoms with Gasteiger partial charge in [0.05, 0.1) is 25.5 Å². The van der Waals surface area contributed by atoms with Crippen molar-refractivity contribution in [3.05, 3.63) is 53.6 Å². The highest BCUT2D eigenvalue weighted by Crippen LogP contribution is 2.37. The maximum atomic E-state index is 6.24. The SMILES string of the molecule is Clc1cccc2c1sc1cc3ccccc3nc12. The Morgan fingerprint density at radius 2 is 1.89 bits per heavy atom. The summed E-state index contributed by atoms with van der Waals surface area (Å²) >= 11 is 7.95. The van der Waals surface area contributed by atoms with E-state index >= 15 is 0 Å². The molecular formula is C15H8ClNS. The molecule has 0 N–H and O–H groups in total. The normalized spacial score (nSPS) is 11.6. The Hall–Kier alpha value is -1.64. The molecule has 0 aliphatic carbocycles. The van der Waals surface area contributed by atoms with Crippen LogP contribution in [-0.2, 0) is 0 Å². The van der Waals surface area contributed by atoms with Gasteiger partial charge in [0.2, 0.25) is 0 Å². The minimum Gasteiger partial charge on any atom is -0.246 e.